The molecule has 0 saturated carbocycles. The summed E-state index contributed by atoms with van der Waals surface area (Å²) >= 11 is 1.33. The molecule has 1 amide bonds. The van der Waals surface area contributed by atoms with Crippen LogP contribution >= 0.6 is 22.0 Å². The highest BCUT2D eigenvalue weighted by Gasteiger charge is 2.17. The predicted octanol–water partition coefficient (Wildman–Crippen LogP) is 3.19. The maximum absolute atomic E-state index is 12.1. The van der Waals surface area contributed by atoms with E-state index in [-0.39, 0.29) is 10.8 Å². The standard InChI is InChI=1S/C13H13ClN2O3S2/c1-3-9-5-10(21(14,18)19)4-8(2)12(9)16-13(17)11-6-20-7-15-11/h4-7H,3H2,1-2H3,(H,16,17). The van der Waals surface area contributed by atoms with Crippen LogP contribution in [0.5, 0.6) is 0 Å². The topological polar surface area (TPSA) is 76.1 Å². The Hall–Kier alpha value is -1.44. The lowest BCUT2D eigenvalue weighted by atomic mass is 10.1. The Morgan fingerprint density at radius 1 is 1.43 bits per heavy atom. The minimum absolute atomic E-state index is 0.0326. The lowest BCUT2D eigenvalue weighted by Gasteiger charge is -2.14. The van der Waals surface area contributed by atoms with E-state index < -0.39 is 9.05 Å². The van der Waals surface area contributed by atoms with Crippen LogP contribution in [0.3, 0.4) is 0 Å². The first-order chi connectivity index (χ1) is 9.82. The number of nitrogens with zero attached hydrogens (tertiary/aromatic N) is 1. The number of amides is 1. The van der Waals surface area contributed by atoms with Crippen molar-refractivity contribution in [3.63, 3.8) is 0 Å². The van der Waals surface area contributed by atoms with Crippen LogP contribution in [0.25, 0.3) is 0 Å². The van der Waals surface area contributed by atoms with E-state index in [4.69, 9.17) is 10.7 Å². The molecule has 0 spiro atoms. The molecule has 0 unspecified atom stereocenters. The molecule has 0 bridgehead atoms. The third kappa shape index (κ3) is 3.61. The van der Waals surface area contributed by atoms with E-state index in [1.807, 2.05) is 6.92 Å². The number of nitrogens with one attached hydrogen (secondary N) is 1. The average molecular weight is 345 g/mol. The van der Waals surface area contributed by atoms with Gasteiger partial charge in [0.05, 0.1) is 10.4 Å². The van der Waals surface area contributed by atoms with Crippen LogP contribution in [0, 0.1) is 6.92 Å². The number of aromatic nitrogens is 1. The predicted molar refractivity (Wildman–Crippen MR) is 83.7 cm³/mol. The lowest BCUT2D eigenvalue weighted by Crippen LogP contribution is -2.15. The average Bonchev–Trinajstić information content (AvgIpc) is 2.93. The number of benzene rings is 1. The van der Waals surface area contributed by atoms with Crippen LogP contribution in [-0.2, 0) is 15.5 Å². The zero-order valence-corrected chi connectivity index (χ0v) is 13.8. The second-order valence-corrected chi connectivity index (χ2v) is 7.68. The van der Waals surface area contributed by atoms with Crippen LogP contribution in [0.1, 0.15) is 28.5 Å². The fourth-order valence-electron chi connectivity index (χ4n) is 1.93. The summed E-state index contributed by atoms with van der Waals surface area (Å²) in [5.74, 6) is -0.324. The molecule has 0 radical (unpaired) electrons. The van der Waals surface area contributed by atoms with Gasteiger partial charge in [0.15, 0.2) is 0 Å². The molecule has 1 aromatic heterocycles. The highest BCUT2D eigenvalue weighted by Crippen LogP contribution is 2.28. The quantitative estimate of drug-likeness (QED) is 0.864. The van der Waals surface area contributed by atoms with Gasteiger partial charge in [-0.15, -0.1) is 11.3 Å². The highest BCUT2D eigenvalue weighted by molar-refractivity contribution is 8.13. The molecule has 5 nitrogen and oxygen atoms in total. The maximum atomic E-state index is 12.1. The van der Waals surface area contributed by atoms with Gasteiger partial charge in [0.25, 0.3) is 15.0 Å². The zero-order valence-electron chi connectivity index (χ0n) is 11.4. The third-order valence-electron chi connectivity index (χ3n) is 2.96. The Labute approximate surface area is 131 Å². The fourth-order valence-corrected chi connectivity index (χ4v) is 3.32. The Morgan fingerprint density at radius 3 is 2.67 bits per heavy atom. The van der Waals surface area contributed by atoms with Crippen molar-refractivity contribution in [2.24, 2.45) is 0 Å². The number of thiazole rings is 1. The molecule has 2 rings (SSSR count). The van der Waals surface area contributed by atoms with Crippen molar-refractivity contribution >= 4 is 42.7 Å². The second kappa shape index (κ2) is 6.13. The Balaban J connectivity index is 2.42. The van der Waals surface area contributed by atoms with Gasteiger partial charge in [0.1, 0.15) is 5.69 Å². The van der Waals surface area contributed by atoms with Gasteiger partial charge in [-0.2, -0.15) is 0 Å². The molecule has 8 heteroatoms. The molecule has 0 atom stereocenters. The molecule has 0 saturated heterocycles. The first-order valence-corrected chi connectivity index (χ1v) is 9.36. The lowest BCUT2D eigenvalue weighted by molar-refractivity contribution is 0.102. The van der Waals surface area contributed by atoms with Crippen LogP contribution < -0.4 is 5.32 Å². The summed E-state index contributed by atoms with van der Waals surface area (Å²) in [5.41, 5.74) is 3.84. The van der Waals surface area contributed by atoms with Gasteiger partial charge in [0.2, 0.25) is 0 Å². The van der Waals surface area contributed by atoms with Crippen molar-refractivity contribution in [1.29, 1.82) is 0 Å². The monoisotopic (exact) mass is 344 g/mol. The number of anilines is 1. The maximum Gasteiger partial charge on any atom is 0.275 e. The van der Waals surface area contributed by atoms with Gasteiger partial charge in [0, 0.05) is 21.7 Å². The molecule has 1 aromatic carbocycles. The summed E-state index contributed by atoms with van der Waals surface area (Å²) in [6.45, 7) is 3.60. The van der Waals surface area contributed by atoms with E-state index in [1.54, 1.807) is 17.8 Å². The third-order valence-corrected chi connectivity index (χ3v) is 4.88. The van der Waals surface area contributed by atoms with E-state index >= 15 is 0 Å². The summed E-state index contributed by atoms with van der Waals surface area (Å²) in [6.07, 6.45) is 0.563. The van der Waals surface area contributed by atoms with Crippen molar-refractivity contribution in [2.45, 2.75) is 25.2 Å². The molecule has 2 aromatic rings. The first kappa shape index (κ1) is 15.9. The van der Waals surface area contributed by atoms with Gasteiger partial charge < -0.3 is 5.32 Å². The number of hydrogen-bond donors (Lipinski definition) is 1. The molecule has 0 aliphatic heterocycles. The van der Waals surface area contributed by atoms with Gasteiger partial charge in [-0.25, -0.2) is 13.4 Å². The van der Waals surface area contributed by atoms with Crippen molar-refractivity contribution in [3.05, 3.63) is 39.8 Å². The Bertz CT molecular complexity index is 771. The number of aryl methyl sites for hydroxylation is 2. The molecule has 0 aliphatic carbocycles. The summed E-state index contributed by atoms with van der Waals surface area (Å²) < 4.78 is 22.9. The number of hydrogen-bond acceptors (Lipinski definition) is 5. The minimum atomic E-state index is -3.80. The van der Waals surface area contributed by atoms with Crippen molar-refractivity contribution < 1.29 is 13.2 Å². The summed E-state index contributed by atoms with van der Waals surface area (Å²) in [5, 5.41) is 4.42. The molecule has 1 heterocycles. The summed E-state index contributed by atoms with van der Waals surface area (Å²) in [4.78, 5) is 16.0. The largest absolute Gasteiger partial charge is 0.320 e. The van der Waals surface area contributed by atoms with Crippen LogP contribution in [0.2, 0.25) is 0 Å². The fraction of sp³-hybridized carbons (Fsp3) is 0.231. The first-order valence-electron chi connectivity index (χ1n) is 6.10. The SMILES string of the molecule is CCc1cc(S(=O)(=O)Cl)cc(C)c1NC(=O)c1cscn1. The van der Waals surface area contributed by atoms with E-state index in [9.17, 15) is 13.2 Å². The molecule has 21 heavy (non-hydrogen) atoms. The number of halogens is 1. The number of rotatable bonds is 4. The molecular formula is C13H13ClN2O3S2. The van der Waals surface area contributed by atoms with Crippen molar-refractivity contribution in [3.8, 4) is 0 Å². The Morgan fingerprint density at radius 2 is 2.14 bits per heavy atom. The number of carbonyl (C=O) groups is 1. The minimum Gasteiger partial charge on any atom is -0.320 e. The van der Waals surface area contributed by atoms with Crippen LogP contribution in [-0.4, -0.2) is 19.3 Å². The van der Waals surface area contributed by atoms with Gasteiger partial charge in [-0.1, -0.05) is 6.92 Å². The Kier molecular flexibility index (Phi) is 4.65. The van der Waals surface area contributed by atoms with Gasteiger partial charge >= 0.3 is 0 Å². The summed E-state index contributed by atoms with van der Waals surface area (Å²) in [7, 11) is 1.58. The van der Waals surface area contributed by atoms with Crippen LogP contribution in [0.4, 0.5) is 5.69 Å². The van der Waals surface area contributed by atoms with Gasteiger partial charge in [-0.3, -0.25) is 4.79 Å². The van der Waals surface area contributed by atoms with E-state index in [2.05, 4.69) is 10.3 Å². The number of carbonyl (C=O) groups excluding carboxylic acids is 1. The van der Waals surface area contributed by atoms with Crippen molar-refractivity contribution in [1.82, 2.24) is 4.98 Å². The van der Waals surface area contributed by atoms with Crippen LogP contribution in [0.15, 0.2) is 27.9 Å². The van der Waals surface area contributed by atoms with E-state index in [1.165, 1.54) is 23.5 Å². The second-order valence-electron chi connectivity index (χ2n) is 4.39. The smallest absolute Gasteiger partial charge is 0.275 e. The molecule has 0 fully saturated rings. The van der Waals surface area contributed by atoms with E-state index in [0.29, 0.717) is 28.9 Å². The molecule has 1 N–H and O–H groups in total. The molecule has 112 valence electrons. The van der Waals surface area contributed by atoms with E-state index in [0.717, 1.165) is 0 Å². The highest BCUT2D eigenvalue weighted by atomic mass is 35.7. The van der Waals surface area contributed by atoms with Crippen molar-refractivity contribution in [2.75, 3.05) is 5.32 Å². The summed E-state index contributed by atoms with van der Waals surface area (Å²) in [6, 6.07) is 2.92. The molecular weight excluding hydrogens is 332 g/mol. The normalized spacial score (nSPS) is 11.4. The zero-order chi connectivity index (χ0) is 15.6. The van der Waals surface area contributed by atoms with Gasteiger partial charge in [-0.05, 0) is 36.6 Å². The molecule has 0 aliphatic rings.